The molecule has 0 aliphatic carbocycles. The lowest BCUT2D eigenvalue weighted by Gasteiger charge is -2.30. The Labute approximate surface area is 207 Å². The van der Waals surface area contributed by atoms with Crippen molar-refractivity contribution >= 4 is 43.0 Å². The van der Waals surface area contributed by atoms with Crippen LogP contribution in [0.3, 0.4) is 0 Å². The Balaban J connectivity index is 1.54. The minimum absolute atomic E-state index is 0.0786. The number of aliphatic hydroxyl groups is 1. The van der Waals surface area contributed by atoms with Gasteiger partial charge in [0.2, 0.25) is 0 Å². The number of carbonyl (C=O) groups excluding carboxylic acids is 1. The van der Waals surface area contributed by atoms with E-state index in [4.69, 9.17) is 14.7 Å². The zero-order valence-corrected chi connectivity index (χ0v) is 21.1. The predicted octanol–water partition coefficient (Wildman–Crippen LogP) is 2.74. The van der Waals surface area contributed by atoms with E-state index in [-0.39, 0.29) is 11.9 Å². The van der Waals surface area contributed by atoms with Crippen LogP contribution in [0.1, 0.15) is 41.7 Å². The van der Waals surface area contributed by atoms with Gasteiger partial charge in [0.05, 0.1) is 42.6 Å². The van der Waals surface area contributed by atoms with Crippen LogP contribution in [0.2, 0.25) is 0 Å². The molecule has 2 aliphatic rings. The Morgan fingerprint density at radius 1 is 1.23 bits per heavy atom. The lowest BCUT2D eigenvalue weighted by Crippen LogP contribution is -2.42. The fraction of sp³-hybridized carbons (Fsp3) is 0.423. The number of ether oxygens (including phenoxy) is 1. The van der Waals surface area contributed by atoms with Gasteiger partial charge in [0.1, 0.15) is 5.82 Å². The Morgan fingerprint density at radius 3 is 2.83 bits per heavy atom. The molecule has 8 nitrogen and oxygen atoms in total. The first-order valence-corrected chi connectivity index (χ1v) is 12.8. The SMILES string of the molecule is CC(Nc1cccc(P)c1)c1cc(C(=O)N2CCCC(O)C2)cc2ncc(N3CCOCC3)nc12. The summed E-state index contributed by atoms with van der Waals surface area (Å²) in [4.78, 5) is 27.1. The highest BCUT2D eigenvalue weighted by Gasteiger charge is 2.25. The molecular formula is C26H32N5O3P. The quantitative estimate of drug-likeness (QED) is 0.528. The molecule has 0 spiro atoms. The third-order valence-electron chi connectivity index (χ3n) is 6.67. The van der Waals surface area contributed by atoms with Crippen molar-refractivity contribution in [2.75, 3.05) is 49.6 Å². The first-order chi connectivity index (χ1) is 17.0. The zero-order valence-electron chi connectivity index (χ0n) is 20.0. The number of amides is 1. The van der Waals surface area contributed by atoms with Gasteiger partial charge in [-0.15, -0.1) is 9.24 Å². The highest BCUT2D eigenvalue weighted by Crippen LogP contribution is 2.29. The number of rotatable bonds is 5. The minimum Gasteiger partial charge on any atom is -0.391 e. The van der Waals surface area contributed by atoms with Gasteiger partial charge in [-0.3, -0.25) is 9.78 Å². The van der Waals surface area contributed by atoms with Crippen molar-refractivity contribution in [2.45, 2.75) is 31.9 Å². The van der Waals surface area contributed by atoms with Gasteiger partial charge in [0.15, 0.2) is 0 Å². The largest absolute Gasteiger partial charge is 0.391 e. The number of aliphatic hydroxyl groups excluding tert-OH is 1. The molecule has 0 bridgehead atoms. The first-order valence-electron chi connectivity index (χ1n) is 12.2. The first kappa shape index (κ1) is 23.9. The number of likely N-dealkylation sites (tertiary alicyclic amines) is 1. The molecule has 3 unspecified atom stereocenters. The van der Waals surface area contributed by atoms with Gasteiger partial charge in [-0.2, -0.15) is 0 Å². The summed E-state index contributed by atoms with van der Waals surface area (Å²) in [6.07, 6.45) is 2.85. The molecule has 3 atom stereocenters. The molecular weight excluding hydrogens is 461 g/mol. The van der Waals surface area contributed by atoms with E-state index in [2.05, 4.69) is 32.4 Å². The third-order valence-corrected chi connectivity index (χ3v) is 7.03. The van der Waals surface area contributed by atoms with E-state index in [1.54, 1.807) is 11.1 Å². The molecule has 0 saturated carbocycles. The normalized spacial score (nSPS) is 19.6. The van der Waals surface area contributed by atoms with Crippen molar-refractivity contribution in [3.63, 3.8) is 0 Å². The number of hydrogen-bond acceptors (Lipinski definition) is 7. The van der Waals surface area contributed by atoms with E-state index in [1.165, 1.54) is 0 Å². The number of benzene rings is 2. The maximum atomic E-state index is 13.4. The lowest BCUT2D eigenvalue weighted by molar-refractivity contribution is 0.0474. The van der Waals surface area contributed by atoms with Crippen LogP contribution >= 0.6 is 9.24 Å². The average molecular weight is 494 g/mol. The third kappa shape index (κ3) is 5.40. The zero-order chi connectivity index (χ0) is 24.4. The standard InChI is InChI=1S/C26H32N5O3P/c1-17(28-19-4-2-6-21(35)14-19)22-12-18(26(33)31-7-3-5-20(32)16-31)13-23-25(22)29-24(15-27-23)30-8-10-34-11-9-30/h2,4,6,12-15,17,20,28,32H,3,5,7-11,16,35H2,1H3. The fourth-order valence-electron chi connectivity index (χ4n) is 4.81. The molecule has 1 amide bonds. The Hall–Kier alpha value is -2.80. The highest BCUT2D eigenvalue weighted by molar-refractivity contribution is 7.27. The molecule has 2 aliphatic heterocycles. The van der Waals surface area contributed by atoms with Gasteiger partial charge in [0, 0.05) is 43.0 Å². The fourth-order valence-corrected chi connectivity index (χ4v) is 5.10. The van der Waals surface area contributed by atoms with Crippen LogP contribution in [0, 0.1) is 0 Å². The maximum absolute atomic E-state index is 13.4. The molecule has 9 heteroatoms. The Bertz CT molecular complexity index is 1220. The number of β-amino-alcohol motifs (C(OH)–C–C–N with tert-alkyl or cyclic N) is 1. The number of aromatic nitrogens is 2. The molecule has 0 radical (unpaired) electrons. The second-order valence-electron chi connectivity index (χ2n) is 9.30. The topological polar surface area (TPSA) is 90.8 Å². The summed E-state index contributed by atoms with van der Waals surface area (Å²) in [5, 5.41) is 14.7. The van der Waals surface area contributed by atoms with Gasteiger partial charge in [-0.05, 0) is 49.3 Å². The van der Waals surface area contributed by atoms with Crippen molar-refractivity contribution in [3.05, 3.63) is 53.7 Å². The van der Waals surface area contributed by atoms with Crippen molar-refractivity contribution in [1.29, 1.82) is 0 Å². The van der Waals surface area contributed by atoms with Crippen LogP contribution in [0.5, 0.6) is 0 Å². The average Bonchev–Trinajstić information content (AvgIpc) is 2.88. The van der Waals surface area contributed by atoms with Crippen LogP contribution in [0.4, 0.5) is 11.5 Å². The van der Waals surface area contributed by atoms with Crippen LogP contribution in [0.25, 0.3) is 11.0 Å². The summed E-state index contributed by atoms with van der Waals surface area (Å²) in [6.45, 7) is 5.99. The number of morpholine rings is 1. The number of anilines is 2. The second-order valence-corrected chi connectivity index (χ2v) is 9.97. The van der Waals surface area contributed by atoms with E-state index in [0.29, 0.717) is 37.4 Å². The smallest absolute Gasteiger partial charge is 0.254 e. The number of hydrogen-bond donors (Lipinski definition) is 2. The van der Waals surface area contributed by atoms with Gasteiger partial charge in [0.25, 0.3) is 5.91 Å². The lowest BCUT2D eigenvalue weighted by atomic mass is 10.00. The van der Waals surface area contributed by atoms with Crippen molar-refractivity contribution in [2.24, 2.45) is 0 Å². The number of piperidine rings is 1. The van der Waals surface area contributed by atoms with E-state index in [9.17, 15) is 9.90 Å². The van der Waals surface area contributed by atoms with Crippen molar-refractivity contribution in [3.8, 4) is 0 Å². The molecule has 2 fully saturated rings. The molecule has 35 heavy (non-hydrogen) atoms. The van der Waals surface area contributed by atoms with Crippen molar-refractivity contribution in [1.82, 2.24) is 14.9 Å². The molecule has 2 N–H and O–H groups in total. The summed E-state index contributed by atoms with van der Waals surface area (Å²) < 4.78 is 5.49. The Kier molecular flexibility index (Phi) is 7.14. The van der Waals surface area contributed by atoms with E-state index >= 15 is 0 Å². The molecule has 184 valence electrons. The van der Waals surface area contributed by atoms with E-state index < -0.39 is 6.10 Å². The maximum Gasteiger partial charge on any atom is 0.254 e. The molecule has 1 aromatic heterocycles. The summed E-state index contributed by atoms with van der Waals surface area (Å²) in [5.74, 6) is 0.740. The number of fused-ring (bicyclic) bond motifs is 1. The van der Waals surface area contributed by atoms with Gasteiger partial charge >= 0.3 is 0 Å². The van der Waals surface area contributed by atoms with Crippen LogP contribution in [0.15, 0.2) is 42.6 Å². The monoisotopic (exact) mass is 493 g/mol. The molecule has 3 heterocycles. The van der Waals surface area contributed by atoms with Crippen molar-refractivity contribution < 1.29 is 14.6 Å². The number of nitrogens with one attached hydrogen (secondary N) is 1. The second kappa shape index (κ2) is 10.4. The number of nitrogens with zero attached hydrogens (tertiary/aromatic N) is 4. The summed E-state index contributed by atoms with van der Waals surface area (Å²) in [6, 6.07) is 11.8. The molecule has 2 aromatic carbocycles. The number of carbonyl (C=O) groups is 1. The van der Waals surface area contributed by atoms with Crippen LogP contribution in [-0.2, 0) is 4.74 Å². The summed E-state index contributed by atoms with van der Waals surface area (Å²) in [7, 11) is 2.72. The van der Waals surface area contributed by atoms with Crippen LogP contribution in [-0.4, -0.2) is 71.4 Å². The van der Waals surface area contributed by atoms with Crippen LogP contribution < -0.4 is 15.5 Å². The Morgan fingerprint density at radius 2 is 2.06 bits per heavy atom. The predicted molar refractivity (Wildman–Crippen MR) is 142 cm³/mol. The highest BCUT2D eigenvalue weighted by atomic mass is 31.0. The molecule has 5 rings (SSSR count). The molecule has 3 aromatic rings. The summed E-state index contributed by atoms with van der Waals surface area (Å²) in [5.41, 5.74) is 3.95. The van der Waals surface area contributed by atoms with Gasteiger partial charge in [-0.1, -0.05) is 12.1 Å². The van der Waals surface area contributed by atoms with Gasteiger partial charge in [-0.25, -0.2) is 4.98 Å². The van der Waals surface area contributed by atoms with Gasteiger partial charge < -0.3 is 25.0 Å². The molecule has 2 saturated heterocycles. The van der Waals surface area contributed by atoms with E-state index in [0.717, 1.165) is 53.8 Å². The minimum atomic E-state index is -0.469. The summed E-state index contributed by atoms with van der Waals surface area (Å²) >= 11 is 0. The van der Waals surface area contributed by atoms with E-state index in [1.807, 2.05) is 30.3 Å².